The Hall–Kier alpha value is -3.13. The third-order valence-electron chi connectivity index (χ3n) is 4.88. The van der Waals surface area contributed by atoms with Crippen molar-refractivity contribution in [2.45, 2.75) is 13.8 Å². The largest absolute Gasteiger partial charge is 0.294 e. The number of fused-ring (bicyclic) bond motifs is 3. The van der Waals surface area contributed by atoms with Crippen LogP contribution in [0.4, 0.5) is 11.5 Å². The number of anilines is 2. The number of hydrogen-bond acceptors (Lipinski definition) is 2. The van der Waals surface area contributed by atoms with Gasteiger partial charge in [0.25, 0.3) is 0 Å². The summed E-state index contributed by atoms with van der Waals surface area (Å²) in [6, 6.07) is 16.6. The van der Waals surface area contributed by atoms with E-state index in [-0.39, 0.29) is 0 Å². The van der Waals surface area contributed by atoms with Crippen molar-refractivity contribution >= 4 is 34.6 Å². The summed E-state index contributed by atoms with van der Waals surface area (Å²) in [5.41, 5.74) is 5.52. The van der Waals surface area contributed by atoms with Gasteiger partial charge in [-0.1, -0.05) is 55.6 Å². The van der Waals surface area contributed by atoms with Gasteiger partial charge in [0, 0.05) is 21.9 Å². The molecule has 0 atom stereocenters. The minimum atomic E-state index is 0.924. The number of benzene rings is 2. The van der Waals surface area contributed by atoms with Crippen molar-refractivity contribution in [3.05, 3.63) is 89.0 Å². The first-order valence-corrected chi connectivity index (χ1v) is 8.44. The monoisotopic (exact) mass is 324 g/mol. The summed E-state index contributed by atoms with van der Waals surface area (Å²) < 4.78 is 0. The molecule has 1 aliphatic rings. The summed E-state index contributed by atoms with van der Waals surface area (Å²) in [6.45, 7) is 12.6. The highest BCUT2D eigenvalue weighted by Gasteiger charge is 2.25. The fourth-order valence-corrected chi connectivity index (χ4v) is 3.66. The minimum Gasteiger partial charge on any atom is -0.294 e. The molecule has 0 bridgehead atoms. The van der Waals surface area contributed by atoms with E-state index in [1.807, 2.05) is 31.2 Å². The van der Waals surface area contributed by atoms with Crippen LogP contribution >= 0.6 is 0 Å². The molecule has 25 heavy (non-hydrogen) atoms. The van der Waals surface area contributed by atoms with Gasteiger partial charge in [-0.05, 0) is 42.8 Å². The second kappa shape index (κ2) is 5.75. The molecular weight excluding hydrogens is 304 g/mol. The zero-order chi connectivity index (χ0) is 17.6. The number of para-hydroxylation sites is 2. The van der Waals surface area contributed by atoms with Gasteiger partial charge < -0.3 is 0 Å². The second-order valence-electron chi connectivity index (χ2n) is 6.20. The van der Waals surface area contributed by atoms with E-state index < -0.39 is 0 Å². The SMILES string of the molecule is C=C/C(=C\C)N1c2ccccc2C(C)=c2c1nc1ccccc1c2=C. The predicted molar refractivity (Wildman–Crippen MR) is 107 cm³/mol. The van der Waals surface area contributed by atoms with E-state index in [2.05, 4.69) is 61.4 Å². The normalized spacial score (nSPS) is 13.6. The number of pyridine rings is 1. The summed E-state index contributed by atoms with van der Waals surface area (Å²) in [7, 11) is 0. The topological polar surface area (TPSA) is 16.1 Å². The summed E-state index contributed by atoms with van der Waals surface area (Å²) in [6.07, 6.45) is 3.94. The molecule has 2 heterocycles. The van der Waals surface area contributed by atoms with E-state index in [4.69, 9.17) is 4.98 Å². The van der Waals surface area contributed by atoms with Gasteiger partial charge >= 0.3 is 0 Å². The first kappa shape index (κ1) is 15.4. The standard InChI is InChI=1S/C23H20N2/c1-5-17(6-2)25-21-14-10-8-12-19(21)16(4)22-15(3)18-11-7-9-13-20(18)24-23(22)25/h5-14H,1,3H2,2,4H3/b17-6+. The molecule has 0 saturated carbocycles. The molecule has 0 aliphatic carbocycles. The molecule has 2 aromatic carbocycles. The highest BCUT2D eigenvalue weighted by molar-refractivity contribution is 5.91. The van der Waals surface area contributed by atoms with Crippen molar-refractivity contribution in [1.29, 1.82) is 0 Å². The molecule has 2 nitrogen and oxygen atoms in total. The molecule has 0 N–H and O–H groups in total. The van der Waals surface area contributed by atoms with E-state index in [1.165, 1.54) is 11.1 Å². The van der Waals surface area contributed by atoms with Gasteiger partial charge in [-0.15, -0.1) is 0 Å². The maximum absolute atomic E-state index is 5.00. The van der Waals surface area contributed by atoms with Crippen LogP contribution in [-0.2, 0) is 0 Å². The summed E-state index contributed by atoms with van der Waals surface area (Å²) in [5.74, 6) is 0.924. The van der Waals surface area contributed by atoms with Gasteiger partial charge in [0.2, 0.25) is 0 Å². The van der Waals surface area contributed by atoms with Gasteiger partial charge in [0.1, 0.15) is 5.82 Å². The smallest absolute Gasteiger partial charge is 0.146 e. The molecule has 122 valence electrons. The lowest BCUT2D eigenvalue weighted by atomic mass is 9.95. The van der Waals surface area contributed by atoms with E-state index in [1.54, 1.807) is 0 Å². The quantitative estimate of drug-likeness (QED) is 0.649. The molecule has 0 saturated heterocycles. The van der Waals surface area contributed by atoms with Gasteiger partial charge in [0.15, 0.2) is 0 Å². The zero-order valence-corrected chi connectivity index (χ0v) is 14.6. The van der Waals surface area contributed by atoms with Crippen LogP contribution in [0, 0.1) is 0 Å². The third kappa shape index (κ3) is 2.14. The molecule has 2 heteroatoms. The van der Waals surface area contributed by atoms with Crippen molar-refractivity contribution in [2.24, 2.45) is 0 Å². The molecule has 4 rings (SSSR count). The Labute approximate surface area is 147 Å². The Kier molecular flexibility index (Phi) is 3.54. The number of hydrogen-bond donors (Lipinski definition) is 0. The maximum Gasteiger partial charge on any atom is 0.146 e. The predicted octanol–water partition coefficient (Wildman–Crippen LogP) is 4.41. The number of allylic oxidation sites excluding steroid dienone is 2. The van der Waals surface area contributed by atoms with Crippen LogP contribution in [0.1, 0.15) is 19.4 Å². The van der Waals surface area contributed by atoms with Crippen molar-refractivity contribution in [3.63, 3.8) is 0 Å². The number of aromatic nitrogens is 1. The lowest BCUT2D eigenvalue weighted by Crippen LogP contribution is -2.38. The van der Waals surface area contributed by atoms with Crippen LogP contribution in [0.2, 0.25) is 0 Å². The highest BCUT2D eigenvalue weighted by Crippen LogP contribution is 2.36. The number of rotatable bonds is 2. The summed E-state index contributed by atoms with van der Waals surface area (Å²) in [4.78, 5) is 7.19. The third-order valence-corrected chi connectivity index (χ3v) is 4.88. The second-order valence-corrected chi connectivity index (χ2v) is 6.20. The van der Waals surface area contributed by atoms with E-state index in [9.17, 15) is 0 Å². The van der Waals surface area contributed by atoms with Gasteiger partial charge in [-0.25, -0.2) is 4.98 Å². The molecule has 0 fully saturated rings. The van der Waals surface area contributed by atoms with Crippen LogP contribution in [0.25, 0.3) is 23.1 Å². The van der Waals surface area contributed by atoms with Crippen molar-refractivity contribution in [3.8, 4) is 0 Å². The van der Waals surface area contributed by atoms with E-state index in [0.29, 0.717) is 0 Å². The summed E-state index contributed by atoms with van der Waals surface area (Å²) >= 11 is 0. The highest BCUT2D eigenvalue weighted by atomic mass is 15.2. The van der Waals surface area contributed by atoms with E-state index in [0.717, 1.165) is 38.5 Å². The maximum atomic E-state index is 5.00. The molecule has 3 aromatic rings. The van der Waals surface area contributed by atoms with Gasteiger partial charge in [-0.2, -0.15) is 0 Å². The first-order valence-electron chi connectivity index (χ1n) is 8.44. The van der Waals surface area contributed by atoms with Crippen LogP contribution < -0.4 is 15.3 Å². The minimum absolute atomic E-state index is 0.924. The van der Waals surface area contributed by atoms with Crippen LogP contribution in [0.15, 0.2) is 73.0 Å². The summed E-state index contributed by atoms with van der Waals surface area (Å²) in [5, 5.41) is 3.23. The van der Waals surface area contributed by atoms with Gasteiger partial charge in [0.05, 0.1) is 11.2 Å². The van der Waals surface area contributed by atoms with Crippen molar-refractivity contribution in [2.75, 3.05) is 4.90 Å². The van der Waals surface area contributed by atoms with Crippen LogP contribution in [-0.4, -0.2) is 4.98 Å². The molecule has 0 spiro atoms. The molecule has 0 radical (unpaired) electrons. The lowest BCUT2D eigenvalue weighted by Gasteiger charge is -2.32. The van der Waals surface area contributed by atoms with Crippen LogP contribution in [0.5, 0.6) is 0 Å². The fourth-order valence-electron chi connectivity index (χ4n) is 3.66. The average molecular weight is 324 g/mol. The molecule has 0 unspecified atom stereocenters. The Balaban J connectivity index is 2.25. The Morgan fingerprint density at radius 2 is 1.80 bits per heavy atom. The average Bonchev–Trinajstić information content (AvgIpc) is 2.65. The Morgan fingerprint density at radius 3 is 2.56 bits per heavy atom. The molecule has 0 amide bonds. The number of nitrogens with zero attached hydrogens (tertiary/aromatic N) is 2. The molecule has 1 aliphatic heterocycles. The van der Waals surface area contributed by atoms with Crippen molar-refractivity contribution in [1.82, 2.24) is 4.98 Å². The van der Waals surface area contributed by atoms with Crippen LogP contribution in [0.3, 0.4) is 0 Å². The Morgan fingerprint density at radius 1 is 1.08 bits per heavy atom. The Bertz CT molecular complexity index is 1150. The van der Waals surface area contributed by atoms with E-state index >= 15 is 0 Å². The fraction of sp³-hybridized carbons (Fsp3) is 0.0870. The van der Waals surface area contributed by atoms with Crippen molar-refractivity contribution < 1.29 is 0 Å². The van der Waals surface area contributed by atoms with Gasteiger partial charge in [-0.3, -0.25) is 4.90 Å². The lowest BCUT2D eigenvalue weighted by molar-refractivity contribution is 1.10. The molecular formula is C23H20N2. The molecule has 1 aromatic heterocycles. The zero-order valence-electron chi connectivity index (χ0n) is 14.6. The first-order chi connectivity index (χ1) is 12.2.